The third-order valence-corrected chi connectivity index (χ3v) is 4.17. The van der Waals surface area contributed by atoms with Crippen LogP contribution in [0, 0.1) is 11.8 Å². The van der Waals surface area contributed by atoms with E-state index in [9.17, 15) is 0 Å². The van der Waals surface area contributed by atoms with E-state index in [1.54, 1.807) is 11.8 Å². The highest BCUT2D eigenvalue weighted by atomic mass is 32.2. The largest absolute Gasteiger partial charge is 0.130 e. The minimum atomic E-state index is 1.04. The second-order valence-electron chi connectivity index (χ2n) is 4.85. The number of allylic oxidation sites excluding steroid dienone is 4. The predicted molar refractivity (Wildman–Crippen MR) is 92.4 cm³/mol. The van der Waals surface area contributed by atoms with Gasteiger partial charge in [-0.3, -0.25) is 0 Å². The van der Waals surface area contributed by atoms with Gasteiger partial charge in [0, 0.05) is 16.0 Å². The molecule has 0 saturated heterocycles. The Labute approximate surface area is 130 Å². The Morgan fingerprint density at radius 2 is 1.48 bits per heavy atom. The lowest BCUT2D eigenvalue weighted by Crippen LogP contribution is -1.81. The van der Waals surface area contributed by atoms with E-state index in [0.29, 0.717) is 0 Å². The molecule has 0 unspecified atom stereocenters. The van der Waals surface area contributed by atoms with Crippen LogP contribution in [0.5, 0.6) is 0 Å². The first-order chi connectivity index (χ1) is 10.3. The molecule has 0 fully saturated rings. The van der Waals surface area contributed by atoms with Gasteiger partial charge in [0.05, 0.1) is 0 Å². The molecule has 0 bridgehead atoms. The van der Waals surface area contributed by atoms with E-state index >= 15 is 0 Å². The predicted octanol–water partition coefficient (Wildman–Crippen LogP) is 5.15. The average Bonchev–Trinajstić information content (AvgIpc) is 3.08. The second kappa shape index (κ2) is 6.52. The first-order valence-electron chi connectivity index (χ1n) is 6.98. The molecular weight excluding hydrogens is 272 g/mol. The lowest BCUT2D eigenvalue weighted by atomic mass is 10.1. The van der Waals surface area contributed by atoms with Crippen LogP contribution in [0.15, 0.2) is 71.7 Å². The zero-order chi connectivity index (χ0) is 14.5. The van der Waals surface area contributed by atoms with Gasteiger partial charge in [0.15, 0.2) is 0 Å². The van der Waals surface area contributed by atoms with E-state index in [-0.39, 0.29) is 0 Å². The zero-order valence-electron chi connectivity index (χ0n) is 12.0. The fraction of sp³-hybridized carbons (Fsp3) is 0.100. The van der Waals surface area contributed by atoms with Gasteiger partial charge in [0.1, 0.15) is 0 Å². The third-order valence-electron chi connectivity index (χ3n) is 3.43. The second-order valence-corrected chi connectivity index (χ2v) is 5.73. The SMILES string of the molecule is CSc1ccc(C#Cc2ccc(C3=CCC=C3)cc2)cc1. The van der Waals surface area contributed by atoms with Gasteiger partial charge >= 0.3 is 0 Å². The standard InChI is InChI=1S/C20H16S/c1-21-20-14-10-17(11-15-20)7-6-16-8-12-19(13-9-16)18-4-2-3-5-18/h2,4-5,8-15H,3H2,1H3. The van der Waals surface area contributed by atoms with Gasteiger partial charge in [0.25, 0.3) is 0 Å². The van der Waals surface area contributed by atoms with E-state index in [4.69, 9.17) is 0 Å². The molecule has 0 aliphatic heterocycles. The van der Waals surface area contributed by atoms with Crippen molar-refractivity contribution in [3.8, 4) is 11.8 Å². The highest BCUT2D eigenvalue weighted by Gasteiger charge is 2.00. The Morgan fingerprint density at radius 3 is 2.00 bits per heavy atom. The van der Waals surface area contributed by atoms with Crippen molar-refractivity contribution in [2.45, 2.75) is 11.3 Å². The lowest BCUT2D eigenvalue weighted by molar-refractivity contribution is 1.45. The smallest absolute Gasteiger partial charge is 0.0249 e. The first-order valence-corrected chi connectivity index (χ1v) is 8.21. The fourth-order valence-corrected chi connectivity index (χ4v) is 2.65. The summed E-state index contributed by atoms with van der Waals surface area (Å²) in [5.41, 5.74) is 4.68. The summed E-state index contributed by atoms with van der Waals surface area (Å²) < 4.78 is 0. The van der Waals surface area contributed by atoms with Gasteiger partial charge in [-0.05, 0) is 60.2 Å². The van der Waals surface area contributed by atoms with Crippen molar-refractivity contribution in [2.75, 3.05) is 6.26 Å². The summed E-state index contributed by atoms with van der Waals surface area (Å²) in [6.45, 7) is 0. The molecular formula is C20H16S. The summed E-state index contributed by atoms with van der Waals surface area (Å²) >= 11 is 1.75. The van der Waals surface area contributed by atoms with Crippen molar-refractivity contribution in [1.29, 1.82) is 0 Å². The van der Waals surface area contributed by atoms with Crippen LogP contribution in [0.3, 0.4) is 0 Å². The summed E-state index contributed by atoms with van der Waals surface area (Å²) in [6, 6.07) is 16.8. The number of hydrogen-bond acceptors (Lipinski definition) is 1. The Morgan fingerprint density at radius 1 is 0.857 bits per heavy atom. The fourth-order valence-electron chi connectivity index (χ4n) is 2.24. The quantitative estimate of drug-likeness (QED) is 0.544. The Hall–Kier alpha value is -2.17. The van der Waals surface area contributed by atoms with E-state index in [1.807, 2.05) is 0 Å². The molecule has 0 aromatic heterocycles. The summed E-state index contributed by atoms with van der Waals surface area (Å²) in [5.74, 6) is 6.44. The van der Waals surface area contributed by atoms with Crippen molar-refractivity contribution in [2.24, 2.45) is 0 Å². The molecule has 102 valence electrons. The molecule has 21 heavy (non-hydrogen) atoms. The zero-order valence-corrected chi connectivity index (χ0v) is 12.8. The topological polar surface area (TPSA) is 0 Å². The van der Waals surface area contributed by atoms with E-state index < -0.39 is 0 Å². The molecule has 0 amide bonds. The van der Waals surface area contributed by atoms with E-state index in [0.717, 1.165) is 17.5 Å². The molecule has 0 nitrogen and oxygen atoms in total. The molecule has 0 atom stereocenters. The molecule has 1 aliphatic rings. The van der Waals surface area contributed by atoms with Crippen LogP contribution in [0.2, 0.25) is 0 Å². The minimum absolute atomic E-state index is 1.04. The van der Waals surface area contributed by atoms with Gasteiger partial charge in [-0.15, -0.1) is 11.8 Å². The Bertz CT molecular complexity index is 735. The highest BCUT2D eigenvalue weighted by molar-refractivity contribution is 7.98. The molecule has 3 rings (SSSR count). The average molecular weight is 288 g/mol. The van der Waals surface area contributed by atoms with Crippen LogP contribution >= 0.6 is 11.8 Å². The van der Waals surface area contributed by atoms with Crippen LogP contribution in [0.4, 0.5) is 0 Å². The molecule has 0 N–H and O–H groups in total. The number of benzene rings is 2. The van der Waals surface area contributed by atoms with Gasteiger partial charge in [-0.25, -0.2) is 0 Å². The minimum Gasteiger partial charge on any atom is -0.130 e. The van der Waals surface area contributed by atoms with Crippen LogP contribution < -0.4 is 0 Å². The van der Waals surface area contributed by atoms with Crippen LogP contribution in [-0.2, 0) is 0 Å². The molecule has 1 aliphatic carbocycles. The molecule has 0 spiro atoms. The molecule has 1 heteroatoms. The Balaban J connectivity index is 1.76. The first kappa shape index (κ1) is 13.8. The highest BCUT2D eigenvalue weighted by Crippen LogP contribution is 2.21. The van der Waals surface area contributed by atoms with Crippen LogP contribution in [0.25, 0.3) is 5.57 Å². The summed E-state index contributed by atoms with van der Waals surface area (Å²) in [6.07, 6.45) is 9.73. The molecule has 2 aromatic rings. The molecule has 0 heterocycles. The van der Waals surface area contributed by atoms with Gasteiger partial charge in [-0.1, -0.05) is 42.2 Å². The summed E-state index contributed by atoms with van der Waals surface area (Å²) in [5, 5.41) is 0. The van der Waals surface area contributed by atoms with Crippen molar-refractivity contribution < 1.29 is 0 Å². The van der Waals surface area contributed by atoms with Crippen molar-refractivity contribution in [1.82, 2.24) is 0 Å². The van der Waals surface area contributed by atoms with Crippen LogP contribution in [0.1, 0.15) is 23.1 Å². The molecule has 0 radical (unpaired) electrons. The molecule has 0 saturated carbocycles. The number of rotatable bonds is 2. The summed E-state index contributed by atoms with van der Waals surface area (Å²) in [7, 11) is 0. The monoisotopic (exact) mass is 288 g/mol. The number of hydrogen-bond donors (Lipinski definition) is 0. The normalized spacial score (nSPS) is 12.7. The van der Waals surface area contributed by atoms with Crippen molar-refractivity contribution in [3.05, 3.63) is 83.4 Å². The van der Waals surface area contributed by atoms with E-state index in [1.165, 1.54) is 16.0 Å². The van der Waals surface area contributed by atoms with Gasteiger partial charge in [-0.2, -0.15) is 0 Å². The summed E-state index contributed by atoms with van der Waals surface area (Å²) in [4.78, 5) is 1.27. The maximum Gasteiger partial charge on any atom is 0.0249 e. The van der Waals surface area contributed by atoms with Gasteiger partial charge in [0.2, 0.25) is 0 Å². The maximum absolute atomic E-state index is 3.22. The van der Waals surface area contributed by atoms with Crippen molar-refractivity contribution in [3.63, 3.8) is 0 Å². The van der Waals surface area contributed by atoms with Gasteiger partial charge < -0.3 is 0 Å². The maximum atomic E-state index is 3.22. The van der Waals surface area contributed by atoms with Crippen molar-refractivity contribution >= 4 is 17.3 Å². The van der Waals surface area contributed by atoms with E-state index in [2.05, 4.69) is 84.9 Å². The lowest BCUT2D eigenvalue weighted by Gasteiger charge is -1.99. The molecule has 2 aromatic carbocycles. The Kier molecular flexibility index (Phi) is 4.28. The van der Waals surface area contributed by atoms with Crippen LogP contribution in [-0.4, -0.2) is 6.26 Å². The number of thioether (sulfide) groups is 1. The third kappa shape index (κ3) is 3.48.